The number of anilines is 1. The number of hydrazone groups is 1. The van der Waals surface area contributed by atoms with Gasteiger partial charge in [-0.2, -0.15) is 15.4 Å². The highest BCUT2D eigenvalue weighted by Gasteiger charge is 2.30. The standard InChI is InChI=1S/C23H20Cl2N4O5/c24-16-7-14(29-22(33)9-19(31)18(10-26)28-29)8-17(25)23(16)34-21-6-13(20(32)11-27-21)5-12-1-3-15(30)4-2-12/h6-8,12,15,30H,1-5,9,11H2. The number of ether oxygens (including phenoxy) is 1. The Kier molecular flexibility index (Phi) is 7.12. The number of nitriles is 1. The smallest absolute Gasteiger partial charge is 0.255 e. The van der Waals surface area contributed by atoms with Crippen molar-refractivity contribution in [3.05, 3.63) is 33.8 Å². The van der Waals surface area contributed by atoms with Gasteiger partial charge in [0.15, 0.2) is 11.5 Å². The van der Waals surface area contributed by atoms with Crippen LogP contribution in [0.3, 0.4) is 0 Å². The van der Waals surface area contributed by atoms with E-state index in [1.54, 1.807) is 12.1 Å². The number of Topliss-reactive ketones (excluding diaryl/α,β-unsaturated/α-hetero) is 2. The SMILES string of the molecule is N#CC1=NN(c2cc(Cl)c(OC3=NCC(=O)C(CC4CCC(O)CC4)=C3)c(Cl)c2)C(=O)CC1=O. The number of amides is 1. The number of carbonyl (C=O) groups excluding carboxylic acids is 3. The maximum atomic E-state index is 12.4. The van der Waals surface area contributed by atoms with Crippen LogP contribution in [0.25, 0.3) is 0 Å². The number of rotatable bonds is 4. The van der Waals surface area contributed by atoms with Crippen LogP contribution in [-0.2, 0) is 14.4 Å². The quantitative estimate of drug-likeness (QED) is 0.627. The largest absolute Gasteiger partial charge is 0.436 e. The van der Waals surface area contributed by atoms with E-state index in [1.165, 1.54) is 12.1 Å². The summed E-state index contributed by atoms with van der Waals surface area (Å²) in [5, 5.41) is 23.5. The molecule has 0 radical (unpaired) electrons. The van der Waals surface area contributed by atoms with E-state index in [2.05, 4.69) is 10.1 Å². The number of aliphatic imine (C=N–C) groups is 1. The summed E-state index contributed by atoms with van der Waals surface area (Å²) in [5.74, 6) is -0.763. The summed E-state index contributed by atoms with van der Waals surface area (Å²) < 4.78 is 5.80. The van der Waals surface area contributed by atoms with Crippen LogP contribution in [0.5, 0.6) is 5.75 Å². The minimum Gasteiger partial charge on any atom is -0.436 e. The van der Waals surface area contributed by atoms with Gasteiger partial charge in [0.1, 0.15) is 12.6 Å². The van der Waals surface area contributed by atoms with Crippen molar-refractivity contribution >= 4 is 58.0 Å². The Bertz CT molecular complexity index is 1170. The first-order valence-corrected chi connectivity index (χ1v) is 11.5. The lowest BCUT2D eigenvalue weighted by Crippen LogP contribution is -2.36. The van der Waals surface area contributed by atoms with Crippen LogP contribution in [-0.4, -0.2) is 46.8 Å². The molecular weight excluding hydrogens is 483 g/mol. The maximum Gasteiger partial charge on any atom is 0.255 e. The average molecular weight is 503 g/mol. The summed E-state index contributed by atoms with van der Waals surface area (Å²) in [6.45, 7) is -0.0498. The Morgan fingerprint density at radius 2 is 1.79 bits per heavy atom. The third-order valence-corrected chi connectivity index (χ3v) is 6.47. The molecule has 1 aromatic rings. The van der Waals surface area contributed by atoms with Crippen LogP contribution in [0.15, 0.2) is 33.9 Å². The Labute approximate surface area is 205 Å². The molecule has 2 aliphatic heterocycles. The molecule has 1 aromatic carbocycles. The van der Waals surface area contributed by atoms with Gasteiger partial charge in [-0.05, 0) is 50.2 Å². The lowest BCUT2D eigenvalue weighted by Gasteiger charge is -2.26. The van der Waals surface area contributed by atoms with Gasteiger partial charge in [0.25, 0.3) is 5.91 Å². The number of halogens is 2. The molecule has 1 amide bonds. The second-order valence-corrected chi connectivity index (χ2v) is 9.15. The highest BCUT2D eigenvalue weighted by atomic mass is 35.5. The van der Waals surface area contributed by atoms with Gasteiger partial charge in [0.2, 0.25) is 17.4 Å². The highest BCUT2D eigenvalue weighted by molar-refractivity contribution is 6.50. The summed E-state index contributed by atoms with van der Waals surface area (Å²) in [4.78, 5) is 40.4. The predicted molar refractivity (Wildman–Crippen MR) is 125 cm³/mol. The topological polar surface area (TPSA) is 132 Å². The fourth-order valence-corrected chi connectivity index (χ4v) is 4.64. The molecule has 0 spiro atoms. The summed E-state index contributed by atoms with van der Waals surface area (Å²) in [5.41, 5.74) is 0.389. The molecule has 0 aromatic heterocycles. The number of hydrogen-bond donors (Lipinski definition) is 1. The minimum absolute atomic E-state index is 0.0498. The lowest BCUT2D eigenvalue weighted by molar-refractivity contribution is -0.124. The fraction of sp³-hybridized carbons (Fsp3) is 0.391. The van der Waals surface area contributed by atoms with Crippen molar-refractivity contribution in [3.8, 4) is 11.8 Å². The van der Waals surface area contributed by atoms with E-state index >= 15 is 0 Å². The van der Waals surface area contributed by atoms with Crippen LogP contribution in [0.2, 0.25) is 10.0 Å². The third-order valence-electron chi connectivity index (χ3n) is 5.91. The zero-order chi connectivity index (χ0) is 24.4. The first kappa shape index (κ1) is 24.1. The van der Waals surface area contributed by atoms with E-state index in [0.29, 0.717) is 17.9 Å². The second kappa shape index (κ2) is 10.1. The molecule has 2 heterocycles. The molecular formula is C23H20Cl2N4O5. The van der Waals surface area contributed by atoms with Crippen molar-refractivity contribution < 1.29 is 24.2 Å². The Balaban J connectivity index is 1.53. The summed E-state index contributed by atoms with van der Waals surface area (Å²) in [6.07, 6.45) is 4.59. The van der Waals surface area contributed by atoms with Gasteiger partial charge < -0.3 is 9.84 Å². The number of dihydropyridines is 1. The van der Waals surface area contributed by atoms with Crippen LogP contribution in [0, 0.1) is 17.2 Å². The van der Waals surface area contributed by atoms with Crippen molar-refractivity contribution in [2.45, 2.75) is 44.6 Å². The van der Waals surface area contributed by atoms with Gasteiger partial charge >= 0.3 is 0 Å². The van der Waals surface area contributed by atoms with Crippen molar-refractivity contribution in [3.63, 3.8) is 0 Å². The van der Waals surface area contributed by atoms with Gasteiger partial charge in [-0.15, -0.1) is 0 Å². The molecule has 1 N–H and O–H groups in total. The van der Waals surface area contributed by atoms with E-state index in [-0.39, 0.29) is 45.8 Å². The molecule has 9 nitrogen and oxygen atoms in total. The molecule has 4 rings (SSSR count). The van der Waals surface area contributed by atoms with Gasteiger partial charge in [-0.25, -0.2) is 4.99 Å². The van der Waals surface area contributed by atoms with Crippen LogP contribution in [0.4, 0.5) is 5.69 Å². The summed E-state index contributed by atoms with van der Waals surface area (Å²) >= 11 is 12.7. The van der Waals surface area contributed by atoms with Crippen LogP contribution < -0.4 is 9.75 Å². The zero-order valence-electron chi connectivity index (χ0n) is 18.0. The number of nitrogens with zero attached hydrogens (tertiary/aromatic N) is 4. The number of carbonyl (C=O) groups is 3. The fourth-order valence-electron chi connectivity index (χ4n) is 4.09. The third kappa shape index (κ3) is 5.20. The van der Waals surface area contributed by atoms with Crippen LogP contribution in [0.1, 0.15) is 38.5 Å². The average Bonchev–Trinajstić information content (AvgIpc) is 2.80. The van der Waals surface area contributed by atoms with Crippen LogP contribution >= 0.6 is 23.2 Å². The number of aliphatic hydroxyl groups excluding tert-OH is 1. The second-order valence-electron chi connectivity index (χ2n) is 8.33. The predicted octanol–water partition coefficient (Wildman–Crippen LogP) is 3.41. The van der Waals surface area contributed by atoms with Crippen molar-refractivity contribution in [1.29, 1.82) is 5.26 Å². The maximum absolute atomic E-state index is 12.4. The highest BCUT2D eigenvalue weighted by Crippen LogP contribution is 2.38. The van der Waals surface area contributed by atoms with Crippen molar-refractivity contribution in [2.24, 2.45) is 16.0 Å². The summed E-state index contributed by atoms with van der Waals surface area (Å²) in [7, 11) is 0. The van der Waals surface area contributed by atoms with E-state index in [4.69, 9.17) is 33.2 Å². The number of aliphatic hydroxyl groups is 1. The Morgan fingerprint density at radius 1 is 1.12 bits per heavy atom. The Morgan fingerprint density at radius 3 is 2.44 bits per heavy atom. The normalized spacial score (nSPS) is 23.2. The Hall–Kier alpha value is -3.06. The number of benzene rings is 1. The van der Waals surface area contributed by atoms with Gasteiger partial charge in [0.05, 0.1) is 28.3 Å². The molecule has 1 fully saturated rings. The molecule has 1 saturated carbocycles. The molecule has 0 saturated heterocycles. The van der Waals surface area contributed by atoms with Gasteiger partial charge in [-0.1, -0.05) is 23.2 Å². The zero-order valence-corrected chi connectivity index (χ0v) is 19.5. The molecule has 176 valence electrons. The van der Waals surface area contributed by atoms with E-state index in [9.17, 15) is 19.5 Å². The molecule has 11 heteroatoms. The first-order valence-electron chi connectivity index (χ1n) is 10.7. The van der Waals surface area contributed by atoms with E-state index in [0.717, 1.165) is 30.7 Å². The molecule has 0 bridgehead atoms. The van der Waals surface area contributed by atoms with Gasteiger partial charge in [0, 0.05) is 11.6 Å². The molecule has 0 unspecified atom stereocenters. The molecule has 34 heavy (non-hydrogen) atoms. The van der Waals surface area contributed by atoms with E-state index < -0.39 is 23.8 Å². The lowest BCUT2D eigenvalue weighted by atomic mass is 9.82. The number of hydrogen-bond acceptors (Lipinski definition) is 8. The molecule has 0 atom stereocenters. The minimum atomic E-state index is -0.655. The van der Waals surface area contributed by atoms with Crippen molar-refractivity contribution in [1.82, 2.24) is 0 Å². The molecule has 1 aliphatic carbocycles. The van der Waals surface area contributed by atoms with Crippen molar-refractivity contribution in [2.75, 3.05) is 11.6 Å². The monoisotopic (exact) mass is 502 g/mol. The first-order chi connectivity index (χ1) is 16.2. The van der Waals surface area contributed by atoms with E-state index in [1.807, 2.05) is 0 Å². The summed E-state index contributed by atoms with van der Waals surface area (Å²) in [6, 6.07) is 4.41. The van der Waals surface area contributed by atoms with Gasteiger partial charge in [-0.3, -0.25) is 14.4 Å². The molecule has 3 aliphatic rings. The number of ketones is 2.